The van der Waals surface area contributed by atoms with E-state index >= 15 is 0 Å². The lowest BCUT2D eigenvalue weighted by Crippen LogP contribution is -2.35. The van der Waals surface area contributed by atoms with Crippen molar-refractivity contribution in [2.75, 3.05) is 19.8 Å². The molecule has 0 aliphatic heterocycles. The van der Waals surface area contributed by atoms with Crippen LogP contribution in [0.15, 0.2) is 0 Å². The first kappa shape index (κ1) is 37.4. The van der Waals surface area contributed by atoms with E-state index in [-0.39, 0.29) is 6.42 Å². The number of hydrogen-bond donors (Lipinski definition) is 0. The Balaban J connectivity index is 4.94. The van der Waals surface area contributed by atoms with Gasteiger partial charge in [0, 0.05) is 0 Å². The third kappa shape index (κ3) is 21.9. The molecule has 2 atom stereocenters. The Morgan fingerprint density at radius 1 is 0.436 bits per heavy atom. The van der Waals surface area contributed by atoms with Crippen LogP contribution in [0.25, 0.3) is 0 Å². The molecule has 2 unspecified atom stereocenters. The SMILES string of the molecule is CCCCCCCCOC(=O)CC(C(=O)OCCCCCCCC)C(CCC)C(=O)OCCCCCCCC. The zero-order valence-corrected chi connectivity index (χ0v) is 26.1. The first-order valence-electron chi connectivity index (χ1n) is 16.5. The topological polar surface area (TPSA) is 78.9 Å². The van der Waals surface area contributed by atoms with Crippen molar-refractivity contribution in [1.29, 1.82) is 0 Å². The van der Waals surface area contributed by atoms with E-state index in [4.69, 9.17) is 14.2 Å². The van der Waals surface area contributed by atoms with Crippen molar-refractivity contribution in [1.82, 2.24) is 0 Å². The van der Waals surface area contributed by atoms with E-state index in [0.717, 1.165) is 57.8 Å². The Bertz CT molecular complexity index is 591. The minimum Gasteiger partial charge on any atom is -0.466 e. The monoisotopic (exact) mass is 554 g/mol. The van der Waals surface area contributed by atoms with Gasteiger partial charge >= 0.3 is 17.9 Å². The predicted octanol–water partition coefficient (Wildman–Crippen LogP) is 9.12. The Labute approximate surface area is 240 Å². The Morgan fingerprint density at radius 3 is 1.21 bits per heavy atom. The molecule has 6 heteroatoms. The lowest BCUT2D eigenvalue weighted by molar-refractivity contribution is -0.165. The number of carbonyl (C=O) groups excluding carboxylic acids is 3. The third-order valence-electron chi connectivity index (χ3n) is 7.32. The molecule has 0 heterocycles. The second kappa shape index (κ2) is 28.0. The summed E-state index contributed by atoms with van der Waals surface area (Å²) in [7, 11) is 0. The summed E-state index contributed by atoms with van der Waals surface area (Å²) in [6.45, 7) is 9.57. The van der Waals surface area contributed by atoms with Gasteiger partial charge in [0.25, 0.3) is 0 Å². The maximum Gasteiger partial charge on any atom is 0.310 e. The summed E-state index contributed by atoms with van der Waals surface area (Å²) >= 11 is 0. The number of ether oxygens (including phenoxy) is 3. The van der Waals surface area contributed by atoms with Crippen LogP contribution < -0.4 is 0 Å². The highest BCUT2D eigenvalue weighted by atomic mass is 16.5. The van der Waals surface area contributed by atoms with Crippen LogP contribution in [0.1, 0.15) is 163 Å². The van der Waals surface area contributed by atoms with Crippen molar-refractivity contribution in [3.05, 3.63) is 0 Å². The molecule has 0 saturated heterocycles. The van der Waals surface area contributed by atoms with Crippen molar-refractivity contribution < 1.29 is 28.6 Å². The van der Waals surface area contributed by atoms with E-state index in [1.54, 1.807) is 0 Å². The average Bonchev–Trinajstić information content (AvgIpc) is 2.93. The molecule has 0 aromatic rings. The molecule has 0 N–H and O–H groups in total. The molecule has 0 saturated carbocycles. The third-order valence-corrected chi connectivity index (χ3v) is 7.32. The Kier molecular flexibility index (Phi) is 26.8. The fourth-order valence-corrected chi connectivity index (χ4v) is 4.82. The second-order valence-corrected chi connectivity index (χ2v) is 11.1. The van der Waals surface area contributed by atoms with Crippen LogP contribution in [-0.4, -0.2) is 37.7 Å². The molecular weight excluding hydrogens is 492 g/mol. The van der Waals surface area contributed by atoms with Crippen LogP contribution >= 0.6 is 0 Å². The van der Waals surface area contributed by atoms with Gasteiger partial charge in [-0.25, -0.2) is 0 Å². The highest BCUT2D eigenvalue weighted by molar-refractivity contribution is 5.86. The van der Waals surface area contributed by atoms with Gasteiger partial charge in [-0.2, -0.15) is 0 Å². The highest BCUT2D eigenvalue weighted by Crippen LogP contribution is 2.26. The van der Waals surface area contributed by atoms with Gasteiger partial charge in [0.1, 0.15) is 0 Å². The summed E-state index contributed by atoms with van der Waals surface area (Å²) in [6, 6.07) is 0. The van der Waals surface area contributed by atoms with E-state index < -0.39 is 29.7 Å². The summed E-state index contributed by atoms with van der Waals surface area (Å²) in [5.74, 6) is -2.85. The molecule has 0 rings (SSSR count). The lowest BCUT2D eigenvalue weighted by atomic mass is 9.86. The summed E-state index contributed by atoms with van der Waals surface area (Å²) < 4.78 is 16.7. The fourth-order valence-electron chi connectivity index (χ4n) is 4.82. The summed E-state index contributed by atoms with van der Waals surface area (Å²) in [6.07, 6.45) is 20.9. The zero-order valence-electron chi connectivity index (χ0n) is 26.1. The maximum atomic E-state index is 13.2. The molecule has 0 aliphatic carbocycles. The van der Waals surface area contributed by atoms with Crippen molar-refractivity contribution in [3.8, 4) is 0 Å². The number of carbonyl (C=O) groups is 3. The van der Waals surface area contributed by atoms with Crippen LogP contribution in [0.4, 0.5) is 0 Å². The maximum absolute atomic E-state index is 13.2. The van der Waals surface area contributed by atoms with Gasteiger partial charge in [-0.3, -0.25) is 14.4 Å². The van der Waals surface area contributed by atoms with Crippen molar-refractivity contribution in [3.63, 3.8) is 0 Å². The first-order valence-corrected chi connectivity index (χ1v) is 16.5. The smallest absolute Gasteiger partial charge is 0.310 e. The van der Waals surface area contributed by atoms with Crippen LogP contribution in [0.5, 0.6) is 0 Å². The van der Waals surface area contributed by atoms with E-state index in [1.807, 2.05) is 6.92 Å². The minimum absolute atomic E-state index is 0.137. The summed E-state index contributed by atoms with van der Waals surface area (Å²) in [5, 5.41) is 0. The zero-order chi connectivity index (χ0) is 29.0. The van der Waals surface area contributed by atoms with Gasteiger partial charge in [0.05, 0.1) is 38.1 Å². The van der Waals surface area contributed by atoms with Crippen LogP contribution in [0, 0.1) is 11.8 Å². The van der Waals surface area contributed by atoms with E-state index in [9.17, 15) is 14.4 Å². The van der Waals surface area contributed by atoms with E-state index in [1.165, 1.54) is 57.8 Å². The highest BCUT2D eigenvalue weighted by Gasteiger charge is 2.37. The predicted molar refractivity (Wildman–Crippen MR) is 160 cm³/mol. The molecule has 0 aliphatic rings. The van der Waals surface area contributed by atoms with E-state index in [2.05, 4.69) is 20.8 Å². The summed E-state index contributed by atoms with van der Waals surface area (Å²) in [5.41, 5.74) is 0. The normalized spacial score (nSPS) is 12.6. The molecule has 39 heavy (non-hydrogen) atoms. The van der Waals surface area contributed by atoms with Gasteiger partial charge < -0.3 is 14.2 Å². The Morgan fingerprint density at radius 2 is 0.795 bits per heavy atom. The molecule has 0 bridgehead atoms. The average molecular weight is 555 g/mol. The van der Waals surface area contributed by atoms with Crippen LogP contribution in [0.2, 0.25) is 0 Å². The van der Waals surface area contributed by atoms with Gasteiger partial charge in [-0.05, 0) is 25.7 Å². The van der Waals surface area contributed by atoms with Crippen molar-refractivity contribution >= 4 is 17.9 Å². The molecule has 0 spiro atoms. The molecule has 0 fully saturated rings. The van der Waals surface area contributed by atoms with Gasteiger partial charge in [-0.15, -0.1) is 0 Å². The van der Waals surface area contributed by atoms with Gasteiger partial charge in [0.2, 0.25) is 0 Å². The van der Waals surface area contributed by atoms with Gasteiger partial charge in [-0.1, -0.05) is 130 Å². The van der Waals surface area contributed by atoms with E-state index in [0.29, 0.717) is 32.7 Å². The molecular formula is C33H62O6. The first-order chi connectivity index (χ1) is 19.0. The number of rotatable bonds is 28. The lowest BCUT2D eigenvalue weighted by Gasteiger charge is -2.24. The Hall–Kier alpha value is -1.59. The largest absolute Gasteiger partial charge is 0.466 e. The second-order valence-electron chi connectivity index (χ2n) is 11.1. The molecule has 6 nitrogen and oxygen atoms in total. The fraction of sp³-hybridized carbons (Fsp3) is 0.909. The molecule has 0 aromatic heterocycles. The molecule has 0 aromatic carbocycles. The molecule has 230 valence electrons. The summed E-state index contributed by atoms with van der Waals surface area (Å²) in [4.78, 5) is 38.9. The van der Waals surface area contributed by atoms with Crippen LogP contribution in [0.3, 0.4) is 0 Å². The quantitative estimate of drug-likeness (QED) is 0.0545. The standard InChI is InChI=1S/C33H62O6/c1-5-9-12-15-18-21-25-37-31(34)28-30(33(36)39-27-23-20-17-14-11-7-3)29(24-8-4)32(35)38-26-22-19-16-13-10-6-2/h29-30H,5-28H2,1-4H3. The van der Waals surface area contributed by atoms with Crippen LogP contribution in [-0.2, 0) is 28.6 Å². The van der Waals surface area contributed by atoms with Crippen molar-refractivity contribution in [2.45, 2.75) is 163 Å². The van der Waals surface area contributed by atoms with Crippen molar-refractivity contribution in [2.24, 2.45) is 11.8 Å². The van der Waals surface area contributed by atoms with Gasteiger partial charge in [0.15, 0.2) is 0 Å². The number of hydrogen-bond acceptors (Lipinski definition) is 6. The number of unbranched alkanes of at least 4 members (excludes halogenated alkanes) is 15. The number of esters is 3. The minimum atomic E-state index is -0.862. The molecule has 0 amide bonds. The molecule has 0 radical (unpaired) electrons.